The Hall–Kier alpha value is -2.14. The van der Waals surface area contributed by atoms with E-state index < -0.39 is 5.97 Å². The molecule has 0 amide bonds. The molecule has 0 saturated heterocycles. The zero-order chi connectivity index (χ0) is 12.1. The zero-order valence-corrected chi connectivity index (χ0v) is 9.00. The maximum absolute atomic E-state index is 10.2. The van der Waals surface area contributed by atoms with Crippen LogP contribution in [0.5, 0.6) is 0 Å². The van der Waals surface area contributed by atoms with Crippen molar-refractivity contribution in [3.8, 4) is 11.3 Å². The average molecular weight is 233 g/mol. The number of hydrogen-bond donors (Lipinski definition) is 1. The van der Waals surface area contributed by atoms with Crippen molar-refractivity contribution in [1.82, 2.24) is 4.98 Å². The van der Waals surface area contributed by atoms with Crippen LogP contribution >= 0.6 is 0 Å². The van der Waals surface area contributed by atoms with Crippen LogP contribution in [-0.2, 0) is 16.1 Å². The summed E-state index contributed by atoms with van der Waals surface area (Å²) in [5.74, 6) is -0.00975. The molecule has 0 aliphatic rings. The van der Waals surface area contributed by atoms with Crippen LogP contribution in [0.2, 0.25) is 0 Å². The molecule has 0 unspecified atom stereocenters. The summed E-state index contributed by atoms with van der Waals surface area (Å²) >= 11 is 0. The van der Waals surface area contributed by atoms with E-state index in [1.54, 1.807) is 6.20 Å². The molecule has 17 heavy (non-hydrogen) atoms. The fraction of sp³-hybridized carbons (Fsp3) is 0.167. The molecule has 0 saturated carbocycles. The molecule has 5 heteroatoms. The Bertz CT molecular complexity index is 492. The van der Waals surface area contributed by atoms with E-state index in [9.17, 15) is 4.79 Å². The summed E-state index contributed by atoms with van der Waals surface area (Å²) in [6.45, 7) is -0.303. The van der Waals surface area contributed by atoms with Gasteiger partial charge >= 0.3 is 5.97 Å². The first kappa shape index (κ1) is 11.3. The first-order valence-electron chi connectivity index (χ1n) is 5.05. The van der Waals surface area contributed by atoms with Gasteiger partial charge in [-0.3, -0.25) is 0 Å². The predicted molar refractivity (Wildman–Crippen MR) is 59.2 cm³/mol. The van der Waals surface area contributed by atoms with E-state index in [-0.39, 0.29) is 13.2 Å². The van der Waals surface area contributed by atoms with Gasteiger partial charge in [0.1, 0.15) is 13.2 Å². The minimum absolute atomic E-state index is 0.0547. The number of rotatable bonds is 5. The van der Waals surface area contributed by atoms with Crippen molar-refractivity contribution in [2.75, 3.05) is 6.61 Å². The third-order valence-electron chi connectivity index (χ3n) is 2.06. The van der Waals surface area contributed by atoms with E-state index >= 15 is 0 Å². The molecule has 1 aromatic carbocycles. The smallest absolute Gasteiger partial charge is 0.329 e. The third kappa shape index (κ3) is 3.15. The van der Waals surface area contributed by atoms with Crippen molar-refractivity contribution in [2.24, 2.45) is 0 Å². The van der Waals surface area contributed by atoms with Gasteiger partial charge in [0.2, 0.25) is 5.89 Å². The summed E-state index contributed by atoms with van der Waals surface area (Å²) in [7, 11) is 0. The van der Waals surface area contributed by atoms with E-state index in [0.29, 0.717) is 11.7 Å². The molecule has 88 valence electrons. The van der Waals surface area contributed by atoms with Crippen LogP contribution in [0.15, 0.2) is 40.9 Å². The number of aliphatic carboxylic acids is 1. The topological polar surface area (TPSA) is 72.6 Å². The van der Waals surface area contributed by atoms with Crippen molar-refractivity contribution < 1.29 is 19.1 Å². The molecule has 0 bridgehead atoms. The molecule has 0 atom stereocenters. The van der Waals surface area contributed by atoms with Crippen molar-refractivity contribution in [1.29, 1.82) is 0 Å². The van der Waals surface area contributed by atoms with Gasteiger partial charge in [-0.2, -0.15) is 0 Å². The molecule has 1 heterocycles. The van der Waals surface area contributed by atoms with Crippen molar-refractivity contribution >= 4 is 5.97 Å². The lowest BCUT2D eigenvalue weighted by molar-refractivity contribution is -0.142. The summed E-state index contributed by atoms with van der Waals surface area (Å²) in [5, 5.41) is 8.40. The second kappa shape index (κ2) is 5.27. The number of carbonyl (C=O) groups is 1. The highest BCUT2D eigenvalue weighted by molar-refractivity contribution is 5.67. The Kier molecular flexibility index (Phi) is 3.52. The lowest BCUT2D eigenvalue weighted by atomic mass is 10.2. The molecule has 0 spiro atoms. The van der Waals surface area contributed by atoms with E-state index in [4.69, 9.17) is 14.3 Å². The number of ether oxygens (including phenoxy) is 1. The lowest BCUT2D eigenvalue weighted by Gasteiger charge is -1.96. The van der Waals surface area contributed by atoms with Gasteiger partial charge in [-0.25, -0.2) is 9.78 Å². The molecule has 5 nitrogen and oxygen atoms in total. The quantitative estimate of drug-likeness (QED) is 0.854. The van der Waals surface area contributed by atoms with Gasteiger partial charge in [0.05, 0.1) is 6.20 Å². The molecule has 0 aliphatic heterocycles. The Morgan fingerprint density at radius 3 is 2.82 bits per heavy atom. The predicted octanol–water partition coefficient (Wildman–Crippen LogP) is 1.94. The Morgan fingerprint density at radius 2 is 2.12 bits per heavy atom. The van der Waals surface area contributed by atoms with Gasteiger partial charge in [0.25, 0.3) is 0 Å². The van der Waals surface area contributed by atoms with Crippen LogP contribution in [0.25, 0.3) is 11.3 Å². The van der Waals surface area contributed by atoms with Crippen LogP contribution in [0.1, 0.15) is 5.89 Å². The monoisotopic (exact) mass is 233 g/mol. The van der Waals surface area contributed by atoms with Crippen LogP contribution < -0.4 is 0 Å². The molecule has 0 radical (unpaired) electrons. The molecular weight excluding hydrogens is 222 g/mol. The Labute approximate surface area is 97.7 Å². The molecule has 0 aliphatic carbocycles. The number of benzene rings is 1. The van der Waals surface area contributed by atoms with Crippen LogP contribution in [-0.4, -0.2) is 22.7 Å². The second-order valence-corrected chi connectivity index (χ2v) is 3.37. The van der Waals surface area contributed by atoms with E-state index in [1.807, 2.05) is 30.3 Å². The largest absolute Gasteiger partial charge is 0.480 e. The summed E-state index contributed by atoms with van der Waals surface area (Å²) in [6, 6.07) is 9.53. The average Bonchev–Trinajstić information content (AvgIpc) is 2.78. The fourth-order valence-electron chi connectivity index (χ4n) is 1.34. The van der Waals surface area contributed by atoms with E-state index in [0.717, 1.165) is 5.56 Å². The van der Waals surface area contributed by atoms with Crippen LogP contribution in [0.4, 0.5) is 0 Å². The van der Waals surface area contributed by atoms with Gasteiger partial charge in [-0.05, 0) is 0 Å². The molecule has 0 fully saturated rings. The van der Waals surface area contributed by atoms with Gasteiger partial charge in [-0.15, -0.1) is 0 Å². The lowest BCUT2D eigenvalue weighted by Crippen LogP contribution is -2.06. The highest BCUT2D eigenvalue weighted by Crippen LogP contribution is 2.19. The van der Waals surface area contributed by atoms with Crippen molar-refractivity contribution in [3.63, 3.8) is 0 Å². The molecule has 2 aromatic rings. The standard InChI is InChI=1S/C12H11NO4/c14-12(15)8-16-7-11-13-6-10(17-11)9-4-2-1-3-5-9/h1-6H,7-8H2,(H,14,15). The fourth-order valence-corrected chi connectivity index (χ4v) is 1.34. The molecule has 2 rings (SSSR count). The maximum atomic E-state index is 10.2. The highest BCUT2D eigenvalue weighted by atomic mass is 16.5. The zero-order valence-electron chi connectivity index (χ0n) is 9.00. The minimum Gasteiger partial charge on any atom is -0.480 e. The highest BCUT2D eigenvalue weighted by Gasteiger charge is 2.06. The summed E-state index contributed by atoms with van der Waals surface area (Å²) in [5.41, 5.74) is 0.921. The Morgan fingerprint density at radius 1 is 1.35 bits per heavy atom. The van der Waals surface area contributed by atoms with Crippen molar-refractivity contribution in [3.05, 3.63) is 42.4 Å². The van der Waals surface area contributed by atoms with E-state index in [2.05, 4.69) is 4.98 Å². The summed E-state index contributed by atoms with van der Waals surface area (Å²) < 4.78 is 10.3. The SMILES string of the molecule is O=C(O)COCc1ncc(-c2ccccc2)o1. The third-order valence-corrected chi connectivity index (χ3v) is 2.06. The van der Waals surface area contributed by atoms with Gasteiger partial charge in [0.15, 0.2) is 5.76 Å². The Balaban J connectivity index is 1.99. The second-order valence-electron chi connectivity index (χ2n) is 3.37. The molecular formula is C12H11NO4. The first-order valence-corrected chi connectivity index (χ1v) is 5.05. The molecule has 1 N–H and O–H groups in total. The number of oxazole rings is 1. The number of nitrogens with zero attached hydrogens (tertiary/aromatic N) is 1. The van der Waals surface area contributed by atoms with Crippen LogP contribution in [0.3, 0.4) is 0 Å². The number of carboxylic acids is 1. The maximum Gasteiger partial charge on any atom is 0.329 e. The van der Waals surface area contributed by atoms with E-state index in [1.165, 1.54) is 0 Å². The normalized spacial score (nSPS) is 10.4. The van der Waals surface area contributed by atoms with Gasteiger partial charge in [-0.1, -0.05) is 30.3 Å². The van der Waals surface area contributed by atoms with Gasteiger partial charge in [0, 0.05) is 5.56 Å². The van der Waals surface area contributed by atoms with Gasteiger partial charge < -0.3 is 14.3 Å². The minimum atomic E-state index is -1.01. The first-order chi connectivity index (χ1) is 8.25. The number of aromatic nitrogens is 1. The molecule has 1 aromatic heterocycles. The van der Waals surface area contributed by atoms with Crippen molar-refractivity contribution in [2.45, 2.75) is 6.61 Å². The van der Waals surface area contributed by atoms with Crippen LogP contribution in [0, 0.1) is 0 Å². The summed E-state index contributed by atoms with van der Waals surface area (Å²) in [6.07, 6.45) is 1.59. The summed E-state index contributed by atoms with van der Waals surface area (Å²) in [4.78, 5) is 14.2. The number of carboxylic acid groups (broad SMARTS) is 1. The number of hydrogen-bond acceptors (Lipinski definition) is 4.